The molecule has 0 fully saturated rings. The third-order valence-corrected chi connectivity index (χ3v) is 2.95. The molecule has 1 aromatic carbocycles. The number of aliphatic carboxylic acids is 1. The number of pyridine rings is 1. The molecule has 0 bridgehead atoms. The number of nitrogens with zero attached hydrogens (tertiary/aromatic N) is 2. The standard InChI is InChI=1S/C16H16N2O2/c1-12-10-13(8-9-15(19)20)11-17-16(12)18(2)14-6-4-3-5-7-14/h3-11H,1-2H3,(H,19,20)/b9-8+. The van der Waals surface area contributed by atoms with Crippen LogP contribution in [0, 0.1) is 6.92 Å². The van der Waals surface area contributed by atoms with Gasteiger partial charge in [0.15, 0.2) is 0 Å². The van der Waals surface area contributed by atoms with Crippen LogP contribution >= 0.6 is 0 Å². The van der Waals surface area contributed by atoms with Crippen molar-refractivity contribution in [3.8, 4) is 0 Å². The minimum Gasteiger partial charge on any atom is -0.478 e. The molecule has 0 amide bonds. The molecule has 2 aromatic rings. The summed E-state index contributed by atoms with van der Waals surface area (Å²) in [5.74, 6) is -0.114. The SMILES string of the molecule is Cc1cc(/C=C/C(=O)O)cnc1N(C)c1ccccc1. The largest absolute Gasteiger partial charge is 0.478 e. The van der Waals surface area contributed by atoms with E-state index in [4.69, 9.17) is 5.11 Å². The Morgan fingerprint density at radius 1 is 1.30 bits per heavy atom. The summed E-state index contributed by atoms with van der Waals surface area (Å²) in [6, 6.07) is 11.9. The number of hydrogen-bond donors (Lipinski definition) is 1. The van der Waals surface area contributed by atoms with Crippen LogP contribution in [0.25, 0.3) is 6.08 Å². The second kappa shape index (κ2) is 6.02. The highest BCUT2D eigenvalue weighted by molar-refractivity contribution is 5.85. The molecule has 4 nitrogen and oxygen atoms in total. The molecule has 0 saturated carbocycles. The number of aryl methyl sites for hydroxylation is 1. The fourth-order valence-corrected chi connectivity index (χ4v) is 1.97. The Bertz CT molecular complexity index is 636. The van der Waals surface area contributed by atoms with Gasteiger partial charge in [0.05, 0.1) is 0 Å². The lowest BCUT2D eigenvalue weighted by Gasteiger charge is -2.20. The van der Waals surface area contributed by atoms with Crippen LogP contribution in [0.2, 0.25) is 0 Å². The molecule has 1 heterocycles. The van der Waals surface area contributed by atoms with Gasteiger partial charge in [-0.3, -0.25) is 0 Å². The molecule has 102 valence electrons. The topological polar surface area (TPSA) is 53.4 Å². The van der Waals surface area contributed by atoms with Crippen LogP contribution in [0.4, 0.5) is 11.5 Å². The van der Waals surface area contributed by atoms with E-state index >= 15 is 0 Å². The van der Waals surface area contributed by atoms with Crippen molar-refractivity contribution in [1.29, 1.82) is 0 Å². The fourth-order valence-electron chi connectivity index (χ4n) is 1.97. The molecule has 0 spiro atoms. The predicted octanol–water partition coefficient (Wildman–Crippen LogP) is 3.26. The summed E-state index contributed by atoms with van der Waals surface area (Å²) in [6.07, 6.45) is 4.31. The highest BCUT2D eigenvalue weighted by Gasteiger charge is 2.08. The molecule has 20 heavy (non-hydrogen) atoms. The summed E-state index contributed by atoms with van der Waals surface area (Å²) in [5.41, 5.74) is 2.82. The van der Waals surface area contributed by atoms with Crippen molar-refractivity contribution in [3.63, 3.8) is 0 Å². The first-order valence-electron chi connectivity index (χ1n) is 6.24. The third kappa shape index (κ3) is 3.23. The van der Waals surface area contributed by atoms with Crippen LogP contribution in [0.1, 0.15) is 11.1 Å². The van der Waals surface area contributed by atoms with E-state index in [1.807, 2.05) is 55.3 Å². The molecular formula is C16H16N2O2. The number of aromatic nitrogens is 1. The normalized spacial score (nSPS) is 10.7. The van der Waals surface area contributed by atoms with E-state index in [0.29, 0.717) is 0 Å². The molecule has 0 unspecified atom stereocenters. The molecular weight excluding hydrogens is 252 g/mol. The smallest absolute Gasteiger partial charge is 0.328 e. The van der Waals surface area contributed by atoms with Gasteiger partial charge in [-0.2, -0.15) is 0 Å². The molecule has 0 saturated heterocycles. The second-order valence-electron chi connectivity index (χ2n) is 4.48. The van der Waals surface area contributed by atoms with E-state index in [-0.39, 0.29) is 0 Å². The zero-order valence-corrected chi connectivity index (χ0v) is 11.4. The predicted molar refractivity (Wildman–Crippen MR) is 80.1 cm³/mol. The number of carboxylic acid groups (broad SMARTS) is 1. The zero-order chi connectivity index (χ0) is 14.5. The average molecular weight is 268 g/mol. The maximum absolute atomic E-state index is 10.5. The third-order valence-electron chi connectivity index (χ3n) is 2.95. The summed E-state index contributed by atoms with van der Waals surface area (Å²) in [5, 5.41) is 8.62. The Balaban J connectivity index is 2.28. The number of para-hydroxylation sites is 1. The molecule has 1 N–H and O–H groups in total. The number of benzene rings is 1. The lowest BCUT2D eigenvalue weighted by atomic mass is 10.1. The molecule has 0 aliphatic carbocycles. The van der Waals surface area contributed by atoms with E-state index in [1.54, 1.807) is 6.20 Å². The van der Waals surface area contributed by atoms with Crippen molar-refractivity contribution in [2.45, 2.75) is 6.92 Å². The van der Waals surface area contributed by atoms with E-state index in [9.17, 15) is 4.79 Å². The average Bonchev–Trinajstić information content (AvgIpc) is 2.45. The van der Waals surface area contributed by atoms with Gasteiger partial charge in [-0.15, -0.1) is 0 Å². The number of anilines is 2. The minimum absolute atomic E-state index is 0.773. The Kier molecular flexibility index (Phi) is 4.15. The first-order valence-corrected chi connectivity index (χ1v) is 6.24. The first-order chi connectivity index (χ1) is 9.58. The number of rotatable bonds is 4. The van der Waals surface area contributed by atoms with Crippen LogP contribution in [-0.2, 0) is 4.79 Å². The van der Waals surface area contributed by atoms with Crippen LogP contribution in [0.15, 0.2) is 48.7 Å². The van der Waals surface area contributed by atoms with E-state index in [2.05, 4.69) is 4.98 Å². The number of carboxylic acids is 1. The fraction of sp³-hybridized carbons (Fsp3) is 0.125. The minimum atomic E-state index is -0.965. The van der Waals surface area contributed by atoms with E-state index < -0.39 is 5.97 Å². The van der Waals surface area contributed by atoms with Crippen molar-refractivity contribution < 1.29 is 9.90 Å². The van der Waals surface area contributed by atoms with E-state index in [0.717, 1.165) is 28.7 Å². The van der Waals surface area contributed by atoms with Crippen LogP contribution in [0.3, 0.4) is 0 Å². The van der Waals surface area contributed by atoms with Gasteiger partial charge in [-0.05, 0) is 42.3 Å². The van der Waals surface area contributed by atoms with Crippen LogP contribution in [-0.4, -0.2) is 23.1 Å². The van der Waals surface area contributed by atoms with Gasteiger partial charge in [0, 0.05) is 25.0 Å². The lowest BCUT2D eigenvalue weighted by Crippen LogP contribution is -2.12. The molecule has 4 heteroatoms. The Morgan fingerprint density at radius 2 is 2.00 bits per heavy atom. The quantitative estimate of drug-likeness (QED) is 0.865. The van der Waals surface area contributed by atoms with Gasteiger partial charge in [0.2, 0.25) is 0 Å². The summed E-state index contributed by atoms with van der Waals surface area (Å²) in [7, 11) is 1.96. The Labute approximate surface area is 118 Å². The van der Waals surface area contributed by atoms with Crippen molar-refractivity contribution in [2.24, 2.45) is 0 Å². The van der Waals surface area contributed by atoms with Crippen LogP contribution < -0.4 is 4.90 Å². The lowest BCUT2D eigenvalue weighted by molar-refractivity contribution is -0.131. The Morgan fingerprint density at radius 3 is 2.60 bits per heavy atom. The van der Waals surface area contributed by atoms with Crippen molar-refractivity contribution in [2.75, 3.05) is 11.9 Å². The summed E-state index contributed by atoms with van der Waals surface area (Å²) >= 11 is 0. The summed E-state index contributed by atoms with van der Waals surface area (Å²) < 4.78 is 0. The number of carbonyl (C=O) groups is 1. The van der Waals surface area contributed by atoms with Crippen molar-refractivity contribution in [3.05, 3.63) is 59.8 Å². The van der Waals surface area contributed by atoms with Crippen molar-refractivity contribution >= 4 is 23.6 Å². The van der Waals surface area contributed by atoms with Gasteiger partial charge < -0.3 is 10.0 Å². The second-order valence-corrected chi connectivity index (χ2v) is 4.48. The van der Waals surface area contributed by atoms with Gasteiger partial charge in [-0.1, -0.05) is 18.2 Å². The molecule has 0 radical (unpaired) electrons. The maximum atomic E-state index is 10.5. The first kappa shape index (κ1) is 13.8. The summed E-state index contributed by atoms with van der Waals surface area (Å²) in [4.78, 5) is 16.9. The van der Waals surface area contributed by atoms with Crippen LogP contribution in [0.5, 0.6) is 0 Å². The van der Waals surface area contributed by atoms with Gasteiger partial charge >= 0.3 is 5.97 Å². The molecule has 1 aromatic heterocycles. The number of hydrogen-bond acceptors (Lipinski definition) is 3. The van der Waals surface area contributed by atoms with Gasteiger partial charge in [-0.25, -0.2) is 9.78 Å². The maximum Gasteiger partial charge on any atom is 0.328 e. The Hall–Kier alpha value is -2.62. The molecule has 0 aliphatic rings. The summed E-state index contributed by atoms with van der Waals surface area (Å²) in [6.45, 7) is 1.96. The molecule has 0 aliphatic heterocycles. The van der Waals surface area contributed by atoms with Gasteiger partial charge in [0.1, 0.15) is 5.82 Å². The van der Waals surface area contributed by atoms with E-state index in [1.165, 1.54) is 6.08 Å². The molecule has 2 rings (SSSR count). The molecule has 0 atom stereocenters. The van der Waals surface area contributed by atoms with Gasteiger partial charge in [0.25, 0.3) is 0 Å². The zero-order valence-electron chi connectivity index (χ0n) is 11.4. The highest BCUT2D eigenvalue weighted by Crippen LogP contribution is 2.24. The highest BCUT2D eigenvalue weighted by atomic mass is 16.4. The van der Waals surface area contributed by atoms with Crippen molar-refractivity contribution in [1.82, 2.24) is 4.98 Å². The monoisotopic (exact) mass is 268 g/mol.